The Balaban J connectivity index is 1.88. The summed E-state index contributed by atoms with van der Waals surface area (Å²) in [4.78, 5) is 1.71. The molecule has 2 aliphatic rings. The van der Waals surface area contributed by atoms with Crippen LogP contribution in [-0.4, -0.2) is 19.6 Å². The summed E-state index contributed by atoms with van der Waals surface area (Å²) < 4.78 is 13.2. The maximum atomic E-state index is 13.2. The number of nitrogens with two attached hydrogens (primary N) is 1. The van der Waals surface area contributed by atoms with Crippen LogP contribution in [0.4, 0.5) is 4.39 Å². The molecule has 0 aliphatic carbocycles. The molecule has 3 heteroatoms. The molecular formula is C14H21FN2+2. The number of rotatable bonds is 1. The highest BCUT2D eigenvalue weighted by molar-refractivity contribution is 5.30. The van der Waals surface area contributed by atoms with Crippen LogP contribution in [0.2, 0.25) is 0 Å². The molecule has 1 fully saturated rings. The second-order valence-electron chi connectivity index (χ2n) is 5.34. The number of hydrogen-bond acceptors (Lipinski definition) is 0. The Bertz CT molecular complexity index is 399. The van der Waals surface area contributed by atoms with Crippen molar-refractivity contribution in [3.05, 3.63) is 35.1 Å². The molecule has 17 heavy (non-hydrogen) atoms. The van der Waals surface area contributed by atoms with Gasteiger partial charge >= 0.3 is 0 Å². The van der Waals surface area contributed by atoms with Crippen molar-refractivity contribution < 1.29 is 14.6 Å². The first-order valence-corrected chi connectivity index (χ1v) is 6.79. The van der Waals surface area contributed by atoms with E-state index in [4.69, 9.17) is 0 Å². The number of hydrogen-bond donors (Lipinski definition) is 2. The van der Waals surface area contributed by atoms with Crippen molar-refractivity contribution in [2.24, 2.45) is 0 Å². The van der Waals surface area contributed by atoms with Crippen LogP contribution in [-0.2, 0) is 6.54 Å². The molecule has 2 heterocycles. The van der Waals surface area contributed by atoms with E-state index < -0.39 is 0 Å². The van der Waals surface area contributed by atoms with Gasteiger partial charge in [0.15, 0.2) is 6.04 Å². The van der Waals surface area contributed by atoms with E-state index in [0.29, 0.717) is 6.04 Å². The van der Waals surface area contributed by atoms with Crippen molar-refractivity contribution in [3.8, 4) is 0 Å². The van der Waals surface area contributed by atoms with Gasteiger partial charge in [0.05, 0.1) is 13.1 Å². The zero-order valence-corrected chi connectivity index (χ0v) is 10.2. The Morgan fingerprint density at radius 3 is 2.82 bits per heavy atom. The van der Waals surface area contributed by atoms with Crippen LogP contribution in [0.1, 0.15) is 36.4 Å². The number of likely N-dealkylation sites (tertiary alicyclic amines) is 1. The van der Waals surface area contributed by atoms with E-state index in [-0.39, 0.29) is 5.82 Å². The predicted molar refractivity (Wildman–Crippen MR) is 64.2 cm³/mol. The fraction of sp³-hybridized carbons (Fsp3) is 0.571. The van der Waals surface area contributed by atoms with E-state index in [1.165, 1.54) is 43.5 Å². The van der Waals surface area contributed by atoms with Gasteiger partial charge in [-0.15, -0.1) is 0 Å². The normalized spacial score (nSPS) is 25.6. The second-order valence-corrected chi connectivity index (χ2v) is 5.34. The molecule has 2 aliphatic heterocycles. The number of nitrogens with one attached hydrogen (secondary N) is 1. The van der Waals surface area contributed by atoms with Crippen molar-refractivity contribution in [2.75, 3.05) is 19.6 Å². The van der Waals surface area contributed by atoms with E-state index >= 15 is 0 Å². The fourth-order valence-corrected chi connectivity index (χ4v) is 3.36. The number of quaternary nitrogens is 2. The van der Waals surface area contributed by atoms with Gasteiger partial charge in [0.2, 0.25) is 0 Å². The average molecular weight is 236 g/mol. The molecule has 0 aromatic heterocycles. The third kappa shape index (κ3) is 2.22. The molecule has 0 spiro atoms. The van der Waals surface area contributed by atoms with Crippen LogP contribution in [0.3, 0.4) is 0 Å². The van der Waals surface area contributed by atoms with Crippen LogP contribution in [0.25, 0.3) is 0 Å². The smallest absolute Gasteiger partial charge is 0.163 e. The SMILES string of the molecule is Fc1ccc2c(c1)C[NH2+]C[C@H]2[NH+]1CCCCC1. The van der Waals surface area contributed by atoms with Crippen molar-refractivity contribution in [1.29, 1.82) is 0 Å². The van der Waals surface area contributed by atoms with Gasteiger partial charge in [-0.3, -0.25) is 0 Å². The summed E-state index contributed by atoms with van der Waals surface area (Å²) in [5, 5.41) is 2.33. The number of fused-ring (bicyclic) bond motifs is 1. The van der Waals surface area contributed by atoms with Crippen molar-refractivity contribution in [1.82, 2.24) is 0 Å². The molecule has 2 nitrogen and oxygen atoms in total. The predicted octanol–water partition coefficient (Wildman–Crippen LogP) is 0.0126. The lowest BCUT2D eigenvalue weighted by atomic mass is 9.94. The fourth-order valence-electron chi connectivity index (χ4n) is 3.36. The molecule has 0 amide bonds. The topological polar surface area (TPSA) is 21.1 Å². The molecule has 0 unspecified atom stereocenters. The average Bonchev–Trinajstić information content (AvgIpc) is 2.39. The molecule has 0 radical (unpaired) electrons. The monoisotopic (exact) mass is 236 g/mol. The molecule has 3 N–H and O–H groups in total. The maximum absolute atomic E-state index is 13.2. The van der Waals surface area contributed by atoms with Crippen LogP contribution in [0, 0.1) is 5.82 Å². The van der Waals surface area contributed by atoms with E-state index in [1.807, 2.05) is 6.07 Å². The number of benzene rings is 1. The van der Waals surface area contributed by atoms with Crippen molar-refractivity contribution in [3.63, 3.8) is 0 Å². The van der Waals surface area contributed by atoms with Gasteiger partial charge in [-0.2, -0.15) is 0 Å². The zero-order chi connectivity index (χ0) is 11.7. The standard InChI is InChI=1S/C14H19FN2/c15-12-4-5-13-11(8-12)9-16-10-14(13)17-6-2-1-3-7-17/h4-5,8,14,16H,1-3,6-7,9-10H2/p+2/t14-/m1/s1. The van der Waals surface area contributed by atoms with Gasteiger partial charge in [0.1, 0.15) is 18.9 Å². The second kappa shape index (κ2) is 4.75. The molecule has 1 saturated heterocycles. The Labute approximate surface area is 102 Å². The number of halogens is 1. The van der Waals surface area contributed by atoms with Gasteiger partial charge in [0, 0.05) is 11.1 Å². The highest BCUT2D eigenvalue weighted by atomic mass is 19.1. The molecule has 1 atom stereocenters. The summed E-state index contributed by atoms with van der Waals surface area (Å²) in [5.41, 5.74) is 2.60. The van der Waals surface area contributed by atoms with Crippen LogP contribution in [0.15, 0.2) is 18.2 Å². The summed E-state index contributed by atoms with van der Waals surface area (Å²) in [6, 6.07) is 5.95. The third-order valence-corrected chi connectivity index (χ3v) is 4.24. The summed E-state index contributed by atoms with van der Waals surface area (Å²) in [6.07, 6.45) is 4.08. The lowest BCUT2D eigenvalue weighted by Crippen LogP contribution is -3.16. The van der Waals surface area contributed by atoms with Gasteiger partial charge in [0.25, 0.3) is 0 Å². The lowest BCUT2D eigenvalue weighted by molar-refractivity contribution is -0.952. The first kappa shape index (κ1) is 11.2. The summed E-state index contributed by atoms with van der Waals surface area (Å²) in [7, 11) is 0. The molecule has 1 aromatic rings. The maximum Gasteiger partial charge on any atom is 0.163 e. The van der Waals surface area contributed by atoms with Gasteiger partial charge in [-0.05, 0) is 37.5 Å². The minimum atomic E-state index is -0.0913. The van der Waals surface area contributed by atoms with Crippen LogP contribution in [0.5, 0.6) is 0 Å². The molecule has 0 saturated carbocycles. The van der Waals surface area contributed by atoms with Gasteiger partial charge in [-0.25, -0.2) is 4.39 Å². The largest absolute Gasteiger partial charge is 0.337 e. The van der Waals surface area contributed by atoms with Crippen LogP contribution < -0.4 is 10.2 Å². The highest BCUT2D eigenvalue weighted by Crippen LogP contribution is 2.19. The highest BCUT2D eigenvalue weighted by Gasteiger charge is 2.32. The first-order chi connectivity index (χ1) is 8.34. The van der Waals surface area contributed by atoms with E-state index in [0.717, 1.165) is 13.1 Å². The third-order valence-electron chi connectivity index (χ3n) is 4.24. The molecule has 3 rings (SSSR count). The zero-order valence-electron chi connectivity index (χ0n) is 10.2. The van der Waals surface area contributed by atoms with Crippen molar-refractivity contribution in [2.45, 2.75) is 31.8 Å². The summed E-state index contributed by atoms with van der Waals surface area (Å²) in [6.45, 7) is 4.68. The lowest BCUT2D eigenvalue weighted by Gasteiger charge is -2.33. The Kier molecular flexibility index (Phi) is 3.12. The minimum Gasteiger partial charge on any atom is -0.337 e. The van der Waals surface area contributed by atoms with E-state index in [2.05, 4.69) is 5.32 Å². The first-order valence-electron chi connectivity index (χ1n) is 6.79. The van der Waals surface area contributed by atoms with E-state index in [1.54, 1.807) is 17.0 Å². The van der Waals surface area contributed by atoms with Gasteiger partial charge in [-0.1, -0.05) is 0 Å². The Morgan fingerprint density at radius 2 is 2.00 bits per heavy atom. The quantitative estimate of drug-likeness (QED) is 0.686. The molecular weight excluding hydrogens is 215 g/mol. The van der Waals surface area contributed by atoms with Gasteiger partial charge < -0.3 is 10.2 Å². The Morgan fingerprint density at radius 1 is 1.18 bits per heavy atom. The molecule has 92 valence electrons. The molecule has 0 bridgehead atoms. The van der Waals surface area contributed by atoms with E-state index in [9.17, 15) is 4.39 Å². The Hall–Kier alpha value is -0.930. The van der Waals surface area contributed by atoms with Crippen LogP contribution >= 0.6 is 0 Å². The minimum absolute atomic E-state index is 0.0913. The molecule has 1 aromatic carbocycles. The summed E-state index contributed by atoms with van der Waals surface area (Å²) >= 11 is 0. The number of piperidine rings is 1. The summed E-state index contributed by atoms with van der Waals surface area (Å²) in [5.74, 6) is -0.0913. The van der Waals surface area contributed by atoms with Crippen molar-refractivity contribution >= 4 is 0 Å².